The first-order valence-corrected chi connectivity index (χ1v) is 9.52. The van der Waals surface area contributed by atoms with Crippen LogP contribution in [-0.2, 0) is 12.0 Å². The standard InChI is InChI=1S/C23H24N2O5/c1-15-5-11-19(20(13-15)25(27)28)24-22(26)21-12-10-18(30-21)14-29-17-8-6-16(7-9-17)23(2,3)4/h5-13H,14H2,1-4H3,(H,24,26). The first-order chi connectivity index (χ1) is 14.1. The minimum absolute atomic E-state index is 0.0477. The molecule has 0 fully saturated rings. The second-order valence-electron chi connectivity index (χ2n) is 8.06. The molecule has 3 aromatic rings. The average Bonchev–Trinajstić information content (AvgIpc) is 3.16. The van der Waals surface area contributed by atoms with Gasteiger partial charge in [-0.05, 0) is 53.8 Å². The highest BCUT2D eigenvalue weighted by Crippen LogP contribution is 2.27. The number of amides is 1. The predicted octanol–water partition coefficient (Wildman–Crippen LogP) is 5.63. The van der Waals surface area contributed by atoms with Crippen LogP contribution in [0.5, 0.6) is 5.75 Å². The van der Waals surface area contributed by atoms with E-state index in [0.29, 0.717) is 11.5 Å². The van der Waals surface area contributed by atoms with Gasteiger partial charge in [0.1, 0.15) is 23.8 Å². The number of nitro benzene ring substituents is 1. The normalized spacial score (nSPS) is 11.2. The summed E-state index contributed by atoms with van der Waals surface area (Å²) in [5, 5.41) is 13.7. The molecule has 3 rings (SSSR count). The van der Waals surface area contributed by atoms with Crippen molar-refractivity contribution in [3.05, 3.63) is 87.4 Å². The lowest BCUT2D eigenvalue weighted by molar-refractivity contribution is -0.384. The number of nitrogens with one attached hydrogen (secondary N) is 1. The molecule has 1 heterocycles. The number of furan rings is 1. The zero-order valence-electron chi connectivity index (χ0n) is 17.4. The van der Waals surface area contributed by atoms with E-state index in [-0.39, 0.29) is 29.2 Å². The van der Waals surface area contributed by atoms with E-state index in [2.05, 4.69) is 26.1 Å². The van der Waals surface area contributed by atoms with E-state index in [1.165, 1.54) is 23.8 Å². The molecule has 1 N–H and O–H groups in total. The van der Waals surface area contributed by atoms with Crippen molar-refractivity contribution in [1.29, 1.82) is 0 Å². The summed E-state index contributed by atoms with van der Waals surface area (Å²) >= 11 is 0. The van der Waals surface area contributed by atoms with Crippen LogP contribution in [0.15, 0.2) is 59.0 Å². The maximum Gasteiger partial charge on any atom is 0.293 e. The molecular formula is C23H24N2O5. The third kappa shape index (κ3) is 5.05. The number of hydrogen-bond acceptors (Lipinski definition) is 5. The Morgan fingerprint density at radius 3 is 2.43 bits per heavy atom. The smallest absolute Gasteiger partial charge is 0.293 e. The Hall–Kier alpha value is -3.61. The summed E-state index contributed by atoms with van der Waals surface area (Å²) < 4.78 is 11.3. The Kier molecular flexibility index (Phi) is 5.91. The van der Waals surface area contributed by atoms with Gasteiger partial charge >= 0.3 is 0 Å². The van der Waals surface area contributed by atoms with Gasteiger partial charge in [-0.25, -0.2) is 0 Å². The molecule has 0 aliphatic rings. The van der Waals surface area contributed by atoms with E-state index >= 15 is 0 Å². The van der Waals surface area contributed by atoms with Gasteiger partial charge in [0.05, 0.1) is 4.92 Å². The number of ether oxygens (including phenoxy) is 1. The SMILES string of the molecule is Cc1ccc(NC(=O)c2ccc(COc3ccc(C(C)(C)C)cc3)o2)c([N+](=O)[O-])c1. The van der Waals surface area contributed by atoms with Gasteiger partial charge in [-0.3, -0.25) is 14.9 Å². The van der Waals surface area contributed by atoms with Crippen LogP contribution >= 0.6 is 0 Å². The molecule has 7 heteroatoms. The molecule has 1 aromatic heterocycles. The monoisotopic (exact) mass is 408 g/mol. The first kappa shape index (κ1) is 21.1. The van der Waals surface area contributed by atoms with Crippen LogP contribution in [0.3, 0.4) is 0 Å². The van der Waals surface area contributed by atoms with Crippen LogP contribution in [0.4, 0.5) is 11.4 Å². The molecule has 30 heavy (non-hydrogen) atoms. The number of anilines is 1. The summed E-state index contributed by atoms with van der Waals surface area (Å²) in [7, 11) is 0. The summed E-state index contributed by atoms with van der Waals surface area (Å²) in [6.45, 7) is 8.33. The summed E-state index contributed by atoms with van der Waals surface area (Å²) in [6, 6.07) is 15.6. The van der Waals surface area contributed by atoms with E-state index in [4.69, 9.17) is 9.15 Å². The van der Waals surface area contributed by atoms with E-state index in [1.54, 1.807) is 19.1 Å². The lowest BCUT2D eigenvalue weighted by Crippen LogP contribution is -2.12. The van der Waals surface area contributed by atoms with Gasteiger partial charge in [0.2, 0.25) is 0 Å². The highest BCUT2D eigenvalue weighted by Gasteiger charge is 2.19. The van der Waals surface area contributed by atoms with E-state index in [1.807, 2.05) is 24.3 Å². The average molecular weight is 408 g/mol. The zero-order valence-corrected chi connectivity index (χ0v) is 17.4. The molecular weight excluding hydrogens is 384 g/mol. The summed E-state index contributed by atoms with van der Waals surface area (Å²) in [5.74, 6) is 0.647. The molecule has 0 radical (unpaired) electrons. The highest BCUT2D eigenvalue weighted by atomic mass is 16.6. The molecule has 0 saturated carbocycles. The fraction of sp³-hybridized carbons (Fsp3) is 0.261. The number of nitrogens with zero attached hydrogens (tertiary/aromatic N) is 1. The quantitative estimate of drug-likeness (QED) is 0.422. The van der Waals surface area contributed by atoms with Crippen molar-refractivity contribution >= 4 is 17.3 Å². The molecule has 0 saturated heterocycles. The van der Waals surface area contributed by atoms with E-state index < -0.39 is 10.8 Å². The number of aryl methyl sites for hydroxylation is 1. The Balaban J connectivity index is 1.64. The van der Waals surface area contributed by atoms with Gasteiger partial charge in [-0.2, -0.15) is 0 Å². The summed E-state index contributed by atoms with van der Waals surface area (Å²) in [4.78, 5) is 23.1. The summed E-state index contributed by atoms with van der Waals surface area (Å²) in [6.07, 6.45) is 0. The minimum atomic E-state index is -0.567. The van der Waals surface area contributed by atoms with Crippen LogP contribution in [-0.4, -0.2) is 10.8 Å². The fourth-order valence-corrected chi connectivity index (χ4v) is 2.87. The van der Waals surface area contributed by atoms with Crippen molar-refractivity contribution in [2.45, 2.75) is 39.7 Å². The van der Waals surface area contributed by atoms with Crippen LogP contribution < -0.4 is 10.1 Å². The maximum absolute atomic E-state index is 12.4. The molecule has 2 aromatic carbocycles. The van der Waals surface area contributed by atoms with Crippen LogP contribution in [0, 0.1) is 17.0 Å². The zero-order chi connectivity index (χ0) is 21.9. The molecule has 0 atom stereocenters. The van der Waals surface area contributed by atoms with Gasteiger partial charge < -0.3 is 14.5 Å². The third-order valence-electron chi connectivity index (χ3n) is 4.59. The lowest BCUT2D eigenvalue weighted by Gasteiger charge is -2.19. The van der Waals surface area contributed by atoms with Crippen molar-refractivity contribution in [2.75, 3.05) is 5.32 Å². The minimum Gasteiger partial charge on any atom is -0.486 e. The third-order valence-corrected chi connectivity index (χ3v) is 4.59. The van der Waals surface area contributed by atoms with E-state index in [0.717, 1.165) is 5.56 Å². The van der Waals surface area contributed by atoms with Gasteiger partial charge in [0.15, 0.2) is 5.76 Å². The van der Waals surface area contributed by atoms with Gasteiger partial charge in [0, 0.05) is 6.07 Å². The number of carbonyl (C=O) groups excluding carboxylic acids is 1. The molecule has 1 amide bonds. The topological polar surface area (TPSA) is 94.6 Å². The molecule has 156 valence electrons. The number of benzene rings is 2. The predicted molar refractivity (Wildman–Crippen MR) is 114 cm³/mol. The Labute approximate surface area is 174 Å². The van der Waals surface area contributed by atoms with Gasteiger partial charge in [0.25, 0.3) is 11.6 Å². The second-order valence-corrected chi connectivity index (χ2v) is 8.06. The molecule has 0 aliphatic carbocycles. The molecule has 7 nitrogen and oxygen atoms in total. The second kappa shape index (κ2) is 8.41. The number of rotatable bonds is 6. The largest absolute Gasteiger partial charge is 0.486 e. The van der Waals surface area contributed by atoms with Crippen LogP contribution in [0.1, 0.15) is 48.2 Å². The van der Waals surface area contributed by atoms with Crippen molar-refractivity contribution in [1.82, 2.24) is 0 Å². The maximum atomic E-state index is 12.4. The Morgan fingerprint density at radius 2 is 1.80 bits per heavy atom. The Bertz CT molecular complexity index is 1060. The number of nitro groups is 1. The molecule has 0 aliphatic heterocycles. The van der Waals surface area contributed by atoms with Gasteiger partial charge in [-0.15, -0.1) is 0 Å². The van der Waals surface area contributed by atoms with Gasteiger partial charge in [-0.1, -0.05) is 39.0 Å². The van der Waals surface area contributed by atoms with Crippen molar-refractivity contribution in [3.8, 4) is 5.75 Å². The van der Waals surface area contributed by atoms with Crippen molar-refractivity contribution in [3.63, 3.8) is 0 Å². The highest BCUT2D eigenvalue weighted by molar-refractivity contribution is 6.03. The fourth-order valence-electron chi connectivity index (χ4n) is 2.87. The lowest BCUT2D eigenvalue weighted by atomic mass is 9.87. The van der Waals surface area contributed by atoms with E-state index in [9.17, 15) is 14.9 Å². The number of hydrogen-bond donors (Lipinski definition) is 1. The molecule has 0 bridgehead atoms. The first-order valence-electron chi connectivity index (χ1n) is 9.52. The Morgan fingerprint density at radius 1 is 1.10 bits per heavy atom. The van der Waals surface area contributed by atoms with Crippen LogP contribution in [0.25, 0.3) is 0 Å². The van der Waals surface area contributed by atoms with Crippen molar-refractivity contribution in [2.24, 2.45) is 0 Å². The summed E-state index contributed by atoms with van der Waals surface area (Å²) in [5.41, 5.74) is 1.94. The van der Waals surface area contributed by atoms with Crippen LogP contribution in [0.2, 0.25) is 0 Å². The number of carbonyl (C=O) groups is 1. The van der Waals surface area contributed by atoms with Crippen molar-refractivity contribution < 1.29 is 18.9 Å². The molecule has 0 spiro atoms. The molecule has 0 unspecified atom stereocenters.